The Kier molecular flexibility index (Phi) is 9.26. The molecule has 2 aliphatic rings. The van der Waals surface area contributed by atoms with Crippen molar-refractivity contribution in [3.05, 3.63) is 38.0 Å². The summed E-state index contributed by atoms with van der Waals surface area (Å²) in [5.41, 5.74) is 0. The van der Waals surface area contributed by atoms with Gasteiger partial charge in [-0.2, -0.15) is 0 Å². The zero-order valence-corrected chi connectivity index (χ0v) is 10.3. The summed E-state index contributed by atoms with van der Waals surface area (Å²) in [7, 11) is 0. The summed E-state index contributed by atoms with van der Waals surface area (Å²) >= 11 is 0. The Hall–Kier alpha value is -0.780. The number of unbranched alkanes of at least 4 members (excludes halogenated alkanes) is 2. The summed E-state index contributed by atoms with van der Waals surface area (Å²) < 4.78 is 0. The quantitative estimate of drug-likeness (QED) is 0.443. The molecular weight excluding hydrogens is 180 g/mol. The molecule has 2 rings (SSSR count). The molecule has 0 aromatic rings. The van der Waals surface area contributed by atoms with Gasteiger partial charge in [0.2, 0.25) is 0 Å². The largest absolute Gasteiger partial charge is 0.106 e. The second-order valence-electron chi connectivity index (χ2n) is 4.15. The molecule has 0 N–H and O–H groups in total. The van der Waals surface area contributed by atoms with E-state index in [9.17, 15) is 0 Å². The van der Waals surface area contributed by atoms with Gasteiger partial charge >= 0.3 is 0 Å². The lowest BCUT2D eigenvalue weighted by atomic mass is 10.1. The number of hydrogen-bond donors (Lipinski definition) is 0. The first kappa shape index (κ1) is 14.2. The van der Waals surface area contributed by atoms with E-state index in [1.54, 1.807) is 0 Å². The van der Waals surface area contributed by atoms with Crippen molar-refractivity contribution < 1.29 is 0 Å². The first-order valence-corrected chi connectivity index (χ1v) is 6.16. The van der Waals surface area contributed by atoms with E-state index in [0.29, 0.717) is 0 Å². The summed E-state index contributed by atoms with van der Waals surface area (Å²) in [6.45, 7) is 11.8. The van der Waals surface area contributed by atoms with Gasteiger partial charge in [0, 0.05) is 0 Å². The van der Waals surface area contributed by atoms with Gasteiger partial charge in [-0.15, -0.1) is 19.7 Å². The minimum Gasteiger partial charge on any atom is -0.106 e. The highest BCUT2D eigenvalue weighted by atomic mass is 14.3. The van der Waals surface area contributed by atoms with Crippen LogP contribution in [0.5, 0.6) is 0 Å². The first-order valence-electron chi connectivity index (χ1n) is 6.16. The molecule has 0 saturated heterocycles. The van der Waals surface area contributed by atoms with Gasteiger partial charge in [-0.1, -0.05) is 38.0 Å². The van der Waals surface area contributed by atoms with E-state index in [0.717, 1.165) is 11.8 Å². The highest BCUT2D eigenvalue weighted by Gasteiger charge is 2.25. The van der Waals surface area contributed by atoms with Gasteiger partial charge in [-0.25, -0.2) is 0 Å². The van der Waals surface area contributed by atoms with Crippen molar-refractivity contribution in [3.63, 3.8) is 0 Å². The summed E-state index contributed by atoms with van der Waals surface area (Å²) in [5, 5.41) is 0. The van der Waals surface area contributed by atoms with E-state index in [-0.39, 0.29) is 0 Å². The molecule has 0 aromatic heterocycles. The van der Waals surface area contributed by atoms with E-state index in [1.807, 2.05) is 6.08 Å². The van der Waals surface area contributed by atoms with Crippen molar-refractivity contribution in [3.8, 4) is 0 Å². The fourth-order valence-corrected chi connectivity index (χ4v) is 2.07. The van der Waals surface area contributed by atoms with Gasteiger partial charge in [-0.05, 0) is 37.5 Å². The molecule has 0 amide bonds. The summed E-state index contributed by atoms with van der Waals surface area (Å²) in [5.74, 6) is 1.98. The summed E-state index contributed by atoms with van der Waals surface area (Å²) in [6.07, 6.45) is 14.9. The minimum absolute atomic E-state index is 0.991. The van der Waals surface area contributed by atoms with Crippen molar-refractivity contribution in [2.45, 2.75) is 45.4 Å². The molecule has 0 radical (unpaired) electrons. The Labute approximate surface area is 95.8 Å². The smallest absolute Gasteiger partial charge is 0.0228 e. The van der Waals surface area contributed by atoms with Crippen LogP contribution in [-0.4, -0.2) is 0 Å². The van der Waals surface area contributed by atoms with Crippen LogP contribution in [0.15, 0.2) is 38.0 Å². The van der Waals surface area contributed by atoms with Gasteiger partial charge in [0.1, 0.15) is 0 Å². The van der Waals surface area contributed by atoms with Gasteiger partial charge in [-0.3, -0.25) is 0 Å². The molecule has 0 heterocycles. The number of hydrogen-bond acceptors (Lipinski definition) is 0. The standard InChI is InChI=1S/C7H10.C6H12.C2H4/c1-2-7-4-3-6(1)5-7;1-3-5-6-4-2;1-2/h1-2,6-7H,3-5H2;3H,1,4-6H2,2H3;1-2H2. The van der Waals surface area contributed by atoms with Crippen LogP contribution in [0.1, 0.15) is 45.4 Å². The van der Waals surface area contributed by atoms with Crippen LogP contribution in [0.2, 0.25) is 0 Å². The molecule has 1 fully saturated rings. The molecular formula is C15H26. The normalized spacial score (nSPS) is 24.9. The van der Waals surface area contributed by atoms with Crippen molar-refractivity contribution in [1.82, 2.24) is 0 Å². The summed E-state index contributed by atoms with van der Waals surface area (Å²) in [4.78, 5) is 0. The zero-order chi connectivity index (χ0) is 11.5. The lowest BCUT2D eigenvalue weighted by Gasteiger charge is -1.96. The van der Waals surface area contributed by atoms with E-state index < -0.39 is 0 Å². The number of allylic oxidation sites excluding steroid dienone is 3. The lowest BCUT2D eigenvalue weighted by molar-refractivity contribution is 0.691. The Morgan fingerprint density at radius 3 is 1.87 bits per heavy atom. The maximum Gasteiger partial charge on any atom is -0.0228 e. The maximum atomic E-state index is 3.60. The second kappa shape index (κ2) is 9.76. The van der Waals surface area contributed by atoms with Crippen LogP contribution in [0.25, 0.3) is 0 Å². The zero-order valence-electron chi connectivity index (χ0n) is 10.3. The van der Waals surface area contributed by atoms with Crippen LogP contribution in [0.3, 0.4) is 0 Å². The fraction of sp³-hybridized carbons (Fsp3) is 0.600. The van der Waals surface area contributed by atoms with Crippen molar-refractivity contribution in [1.29, 1.82) is 0 Å². The number of rotatable bonds is 3. The van der Waals surface area contributed by atoms with E-state index >= 15 is 0 Å². The van der Waals surface area contributed by atoms with Crippen LogP contribution in [0, 0.1) is 11.8 Å². The highest BCUT2D eigenvalue weighted by Crippen LogP contribution is 2.38. The molecule has 0 heteroatoms. The molecule has 15 heavy (non-hydrogen) atoms. The molecule has 0 aromatic carbocycles. The predicted octanol–water partition coefficient (Wildman–Crippen LogP) is 5.14. The SMILES string of the molecule is C1=CC2CCC1C2.C=C.C=CCCCC. The van der Waals surface area contributed by atoms with E-state index in [1.165, 1.54) is 38.5 Å². The summed E-state index contributed by atoms with van der Waals surface area (Å²) in [6, 6.07) is 0. The Morgan fingerprint density at radius 1 is 1.20 bits per heavy atom. The van der Waals surface area contributed by atoms with E-state index in [2.05, 4.69) is 38.8 Å². The third-order valence-electron chi connectivity index (χ3n) is 2.93. The number of fused-ring (bicyclic) bond motifs is 2. The fourth-order valence-electron chi connectivity index (χ4n) is 2.07. The van der Waals surface area contributed by atoms with E-state index in [4.69, 9.17) is 0 Å². The highest BCUT2D eigenvalue weighted by molar-refractivity contribution is 5.06. The maximum absolute atomic E-state index is 3.60. The molecule has 2 unspecified atom stereocenters. The first-order chi connectivity index (χ1) is 7.36. The average Bonchev–Trinajstić information content (AvgIpc) is 2.94. The average molecular weight is 206 g/mol. The molecule has 86 valence electrons. The molecule has 2 atom stereocenters. The second-order valence-corrected chi connectivity index (χ2v) is 4.15. The third-order valence-corrected chi connectivity index (χ3v) is 2.93. The monoisotopic (exact) mass is 206 g/mol. The van der Waals surface area contributed by atoms with Crippen LogP contribution in [0.4, 0.5) is 0 Å². The minimum atomic E-state index is 0.991. The Bertz CT molecular complexity index is 166. The predicted molar refractivity (Wildman–Crippen MR) is 70.9 cm³/mol. The Morgan fingerprint density at radius 2 is 1.73 bits per heavy atom. The molecule has 0 aliphatic heterocycles. The van der Waals surface area contributed by atoms with Gasteiger partial charge in [0.15, 0.2) is 0 Å². The van der Waals surface area contributed by atoms with Crippen LogP contribution < -0.4 is 0 Å². The molecule has 2 bridgehead atoms. The van der Waals surface area contributed by atoms with Crippen LogP contribution >= 0.6 is 0 Å². The molecule has 1 saturated carbocycles. The van der Waals surface area contributed by atoms with Crippen molar-refractivity contribution in [2.24, 2.45) is 11.8 Å². The molecule has 0 nitrogen and oxygen atoms in total. The van der Waals surface area contributed by atoms with Gasteiger partial charge in [0.05, 0.1) is 0 Å². The third kappa shape index (κ3) is 6.33. The molecule has 0 spiro atoms. The van der Waals surface area contributed by atoms with Gasteiger partial charge < -0.3 is 0 Å². The van der Waals surface area contributed by atoms with Crippen LogP contribution in [-0.2, 0) is 0 Å². The van der Waals surface area contributed by atoms with Gasteiger partial charge in [0.25, 0.3) is 0 Å². The lowest BCUT2D eigenvalue weighted by Crippen LogP contribution is -1.82. The molecule has 2 aliphatic carbocycles. The van der Waals surface area contributed by atoms with Crippen molar-refractivity contribution in [2.75, 3.05) is 0 Å². The topological polar surface area (TPSA) is 0 Å². The van der Waals surface area contributed by atoms with Crippen molar-refractivity contribution >= 4 is 0 Å². The Balaban J connectivity index is 0.000000229.